The number of carbonyl (C=O) groups excluding carboxylic acids is 2. The molecule has 2 aromatic carbocycles. The topological polar surface area (TPSA) is 88.0 Å². The van der Waals surface area contributed by atoms with Gasteiger partial charge in [-0.15, -0.1) is 0 Å². The molecule has 1 aromatic heterocycles. The Balaban J connectivity index is 1.82. The number of aromatic nitrogens is 1. The van der Waals surface area contributed by atoms with E-state index in [0.717, 1.165) is 16.5 Å². The molecule has 5 nitrogen and oxygen atoms in total. The van der Waals surface area contributed by atoms with E-state index in [0.29, 0.717) is 16.5 Å². The summed E-state index contributed by atoms with van der Waals surface area (Å²) in [5, 5.41) is 3.73. The first kappa shape index (κ1) is 16.3. The van der Waals surface area contributed by atoms with Crippen LogP contribution in [0.5, 0.6) is 0 Å². The molecule has 2 amide bonds. The van der Waals surface area contributed by atoms with Crippen LogP contribution in [0.1, 0.15) is 15.9 Å². The number of fused-ring (bicyclic) bond motifs is 1. The van der Waals surface area contributed by atoms with Crippen LogP contribution in [-0.4, -0.2) is 22.8 Å². The summed E-state index contributed by atoms with van der Waals surface area (Å²) in [6.45, 7) is 0. The molecule has 0 bridgehead atoms. The molecule has 24 heavy (non-hydrogen) atoms. The van der Waals surface area contributed by atoms with Crippen molar-refractivity contribution < 1.29 is 9.59 Å². The Labute approximate surface area is 147 Å². The van der Waals surface area contributed by atoms with Crippen molar-refractivity contribution in [1.29, 1.82) is 0 Å². The van der Waals surface area contributed by atoms with Crippen molar-refractivity contribution in [2.75, 3.05) is 0 Å². The van der Waals surface area contributed by atoms with Crippen LogP contribution in [0.4, 0.5) is 0 Å². The number of hydrogen-bond donors (Lipinski definition) is 3. The molecule has 0 aliphatic heterocycles. The van der Waals surface area contributed by atoms with Crippen molar-refractivity contribution in [1.82, 2.24) is 10.3 Å². The van der Waals surface area contributed by atoms with Crippen LogP contribution in [0, 0.1) is 0 Å². The number of primary amides is 1. The molecule has 0 saturated heterocycles. The largest absolute Gasteiger partial charge is 0.368 e. The van der Waals surface area contributed by atoms with E-state index in [1.54, 1.807) is 18.2 Å². The van der Waals surface area contributed by atoms with E-state index in [1.165, 1.54) is 0 Å². The van der Waals surface area contributed by atoms with E-state index >= 15 is 0 Å². The van der Waals surface area contributed by atoms with Gasteiger partial charge in [-0.3, -0.25) is 9.59 Å². The van der Waals surface area contributed by atoms with Gasteiger partial charge in [-0.25, -0.2) is 0 Å². The van der Waals surface area contributed by atoms with Crippen molar-refractivity contribution in [3.63, 3.8) is 0 Å². The summed E-state index contributed by atoms with van der Waals surface area (Å²) in [7, 11) is 0. The number of rotatable bonds is 5. The Morgan fingerprint density at radius 3 is 2.58 bits per heavy atom. The van der Waals surface area contributed by atoms with Crippen LogP contribution in [0.15, 0.2) is 59.2 Å². The summed E-state index contributed by atoms with van der Waals surface area (Å²) in [6.07, 6.45) is 2.17. The standard InChI is InChI=1S/C18H16BrN3O2/c19-14-7-3-1-6-13(14)18(24)22-16(17(20)23)9-11-10-21-15-8-4-2-5-12(11)15/h1-8,10,16,21H,9H2,(H2,20,23)(H,22,24)/t16-/m0/s1. The first-order valence-electron chi connectivity index (χ1n) is 7.46. The number of carbonyl (C=O) groups is 2. The smallest absolute Gasteiger partial charge is 0.253 e. The summed E-state index contributed by atoms with van der Waals surface area (Å²) in [6, 6.07) is 14.0. The van der Waals surface area contributed by atoms with E-state index in [1.807, 2.05) is 36.5 Å². The fourth-order valence-electron chi connectivity index (χ4n) is 2.62. The highest BCUT2D eigenvalue weighted by atomic mass is 79.9. The molecule has 0 radical (unpaired) electrons. The number of amides is 2. The lowest BCUT2D eigenvalue weighted by Crippen LogP contribution is -2.45. The summed E-state index contributed by atoms with van der Waals surface area (Å²) in [5.41, 5.74) is 7.86. The Bertz CT molecular complexity index is 904. The molecule has 1 atom stereocenters. The van der Waals surface area contributed by atoms with E-state index in [4.69, 9.17) is 5.73 Å². The van der Waals surface area contributed by atoms with Gasteiger partial charge in [-0.2, -0.15) is 0 Å². The zero-order valence-electron chi connectivity index (χ0n) is 12.8. The first-order valence-corrected chi connectivity index (χ1v) is 8.25. The molecule has 0 unspecified atom stereocenters. The highest BCUT2D eigenvalue weighted by Gasteiger charge is 2.21. The minimum absolute atomic E-state index is 0.329. The lowest BCUT2D eigenvalue weighted by atomic mass is 10.0. The van der Waals surface area contributed by atoms with Crippen LogP contribution >= 0.6 is 15.9 Å². The van der Waals surface area contributed by atoms with Crippen LogP contribution in [-0.2, 0) is 11.2 Å². The zero-order chi connectivity index (χ0) is 17.1. The minimum atomic E-state index is -0.788. The van der Waals surface area contributed by atoms with Crippen molar-refractivity contribution in [3.8, 4) is 0 Å². The SMILES string of the molecule is NC(=O)[C@H](Cc1c[nH]c2ccccc12)NC(=O)c1ccccc1Br. The van der Waals surface area contributed by atoms with Crippen molar-refractivity contribution in [3.05, 3.63) is 70.3 Å². The maximum atomic E-state index is 12.4. The van der Waals surface area contributed by atoms with E-state index < -0.39 is 11.9 Å². The first-order chi connectivity index (χ1) is 11.6. The van der Waals surface area contributed by atoms with Crippen LogP contribution in [0.25, 0.3) is 10.9 Å². The quantitative estimate of drug-likeness (QED) is 0.630. The van der Waals surface area contributed by atoms with Gasteiger partial charge < -0.3 is 16.0 Å². The molecule has 0 fully saturated rings. The highest BCUT2D eigenvalue weighted by Crippen LogP contribution is 2.20. The van der Waals surface area contributed by atoms with Crippen LogP contribution in [0.2, 0.25) is 0 Å². The Kier molecular flexibility index (Phi) is 4.66. The number of H-pyrrole nitrogens is 1. The average molecular weight is 386 g/mol. The van der Waals surface area contributed by atoms with Crippen molar-refractivity contribution in [2.24, 2.45) is 5.73 Å². The lowest BCUT2D eigenvalue weighted by molar-refractivity contribution is -0.119. The molecule has 4 N–H and O–H groups in total. The van der Waals surface area contributed by atoms with Gasteiger partial charge >= 0.3 is 0 Å². The number of nitrogens with one attached hydrogen (secondary N) is 2. The molecule has 3 rings (SSSR count). The Morgan fingerprint density at radius 2 is 1.83 bits per heavy atom. The summed E-state index contributed by atoms with van der Waals surface area (Å²) in [5.74, 6) is -0.910. The normalized spacial score (nSPS) is 12.0. The highest BCUT2D eigenvalue weighted by molar-refractivity contribution is 9.10. The van der Waals surface area contributed by atoms with Gasteiger partial charge in [0.2, 0.25) is 5.91 Å². The molecule has 6 heteroatoms. The van der Waals surface area contributed by atoms with Gasteiger partial charge in [0.25, 0.3) is 5.91 Å². The zero-order valence-corrected chi connectivity index (χ0v) is 14.3. The van der Waals surface area contributed by atoms with E-state index in [9.17, 15) is 9.59 Å². The van der Waals surface area contributed by atoms with Crippen LogP contribution in [0.3, 0.4) is 0 Å². The van der Waals surface area contributed by atoms with Gasteiger partial charge in [0.05, 0.1) is 5.56 Å². The van der Waals surface area contributed by atoms with Crippen LogP contribution < -0.4 is 11.1 Å². The molecular weight excluding hydrogens is 370 g/mol. The fourth-order valence-corrected chi connectivity index (χ4v) is 3.09. The van der Waals surface area contributed by atoms with Gasteiger partial charge in [0.1, 0.15) is 6.04 Å². The summed E-state index contributed by atoms with van der Waals surface area (Å²) >= 11 is 3.34. The number of benzene rings is 2. The van der Waals surface area contributed by atoms with Crippen molar-refractivity contribution >= 4 is 38.6 Å². The second kappa shape index (κ2) is 6.88. The van der Waals surface area contributed by atoms with Gasteiger partial charge in [0, 0.05) is 28.0 Å². The fraction of sp³-hybridized carbons (Fsp3) is 0.111. The molecule has 0 aliphatic carbocycles. The third-order valence-corrected chi connectivity index (χ3v) is 4.56. The summed E-state index contributed by atoms with van der Waals surface area (Å²) in [4.78, 5) is 27.4. The molecule has 0 spiro atoms. The number of para-hydroxylation sites is 1. The van der Waals surface area contributed by atoms with E-state index in [2.05, 4.69) is 26.2 Å². The molecule has 0 aliphatic rings. The van der Waals surface area contributed by atoms with Gasteiger partial charge in [-0.05, 0) is 39.7 Å². The molecular formula is C18H16BrN3O2. The van der Waals surface area contributed by atoms with E-state index in [-0.39, 0.29) is 5.91 Å². The minimum Gasteiger partial charge on any atom is -0.368 e. The Hall–Kier alpha value is -2.60. The predicted molar refractivity (Wildman–Crippen MR) is 96.6 cm³/mol. The third kappa shape index (κ3) is 3.33. The number of halogens is 1. The third-order valence-electron chi connectivity index (χ3n) is 3.87. The number of hydrogen-bond acceptors (Lipinski definition) is 2. The summed E-state index contributed by atoms with van der Waals surface area (Å²) < 4.78 is 0.665. The maximum absolute atomic E-state index is 12.4. The van der Waals surface area contributed by atoms with Crippen molar-refractivity contribution in [2.45, 2.75) is 12.5 Å². The molecule has 122 valence electrons. The molecule has 0 saturated carbocycles. The number of aromatic amines is 1. The predicted octanol–water partition coefficient (Wildman–Crippen LogP) is 2.76. The average Bonchev–Trinajstić information content (AvgIpc) is 2.97. The second-order valence-corrected chi connectivity index (χ2v) is 6.33. The molecule has 1 heterocycles. The van der Waals surface area contributed by atoms with Gasteiger partial charge in [-0.1, -0.05) is 30.3 Å². The Morgan fingerprint density at radius 1 is 1.12 bits per heavy atom. The second-order valence-electron chi connectivity index (χ2n) is 5.47. The maximum Gasteiger partial charge on any atom is 0.253 e. The number of nitrogens with two attached hydrogens (primary N) is 1. The molecule has 3 aromatic rings. The lowest BCUT2D eigenvalue weighted by Gasteiger charge is -2.16. The van der Waals surface area contributed by atoms with Gasteiger partial charge in [0.15, 0.2) is 0 Å². The monoisotopic (exact) mass is 385 g/mol.